The summed E-state index contributed by atoms with van der Waals surface area (Å²) in [4.78, 5) is 15.1. The summed E-state index contributed by atoms with van der Waals surface area (Å²) in [5, 5.41) is 9.37. The number of carboxylic acids is 1. The number of fused-ring (bicyclic) bond motifs is 1. The average Bonchev–Trinajstić information content (AvgIpc) is 2.27. The molecule has 1 aromatic heterocycles. The number of pyridine rings is 1. The van der Waals surface area contributed by atoms with Gasteiger partial charge in [-0.25, -0.2) is 9.18 Å². The van der Waals surface area contributed by atoms with Crippen molar-refractivity contribution < 1.29 is 19.0 Å². The molecule has 0 spiro atoms. The van der Waals surface area contributed by atoms with Crippen LogP contribution in [0.15, 0.2) is 18.2 Å². The molecule has 0 atom stereocenters. The number of aryl methyl sites for hydroxylation is 1. The Morgan fingerprint density at radius 3 is 2.71 bits per heavy atom. The van der Waals surface area contributed by atoms with Crippen LogP contribution < -0.4 is 4.74 Å². The Morgan fingerprint density at radius 1 is 1.41 bits per heavy atom. The third kappa shape index (κ3) is 1.91. The summed E-state index contributed by atoms with van der Waals surface area (Å²) in [7, 11) is 1.44. The molecule has 0 unspecified atom stereocenters. The first-order chi connectivity index (χ1) is 8.02. The van der Waals surface area contributed by atoms with Crippen LogP contribution in [0, 0.1) is 12.7 Å². The van der Waals surface area contributed by atoms with Gasteiger partial charge in [0.05, 0.1) is 18.2 Å². The second-order valence-corrected chi connectivity index (χ2v) is 3.62. The van der Waals surface area contributed by atoms with Gasteiger partial charge < -0.3 is 9.84 Å². The Morgan fingerprint density at radius 2 is 2.12 bits per heavy atom. The van der Waals surface area contributed by atoms with Gasteiger partial charge in [0.25, 0.3) is 0 Å². The zero-order chi connectivity index (χ0) is 12.6. The highest BCUT2D eigenvalue weighted by Crippen LogP contribution is 2.28. The standard InChI is InChI=1S/C12H10FNO3/c1-6-3-10(17-2)8-4-7(13)5-9(12(15)16)11(8)14-6/h3-5H,1-2H3,(H,15,16). The first-order valence-electron chi connectivity index (χ1n) is 4.91. The number of hydrogen-bond acceptors (Lipinski definition) is 3. The number of aromatic carboxylic acids is 1. The number of aromatic nitrogens is 1. The predicted molar refractivity (Wildman–Crippen MR) is 59.9 cm³/mol. The Bertz CT molecular complexity index is 610. The highest BCUT2D eigenvalue weighted by Gasteiger charge is 2.15. The van der Waals surface area contributed by atoms with Gasteiger partial charge in [-0.05, 0) is 19.1 Å². The molecule has 0 saturated heterocycles. The molecule has 2 rings (SSSR count). The molecule has 0 saturated carbocycles. The van der Waals surface area contributed by atoms with E-state index in [1.54, 1.807) is 13.0 Å². The van der Waals surface area contributed by atoms with Gasteiger partial charge in [-0.15, -0.1) is 0 Å². The summed E-state index contributed by atoms with van der Waals surface area (Å²) in [6.45, 7) is 1.72. The van der Waals surface area contributed by atoms with Gasteiger partial charge in [-0.2, -0.15) is 0 Å². The van der Waals surface area contributed by atoms with Crippen molar-refractivity contribution in [3.8, 4) is 5.75 Å². The van der Waals surface area contributed by atoms with Gasteiger partial charge in [-0.1, -0.05) is 0 Å². The van der Waals surface area contributed by atoms with E-state index in [0.717, 1.165) is 6.07 Å². The second kappa shape index (κ2) is 4.01. The van der Waals surface area contributed by atoms with Crippen molar-refractivity contribution in [3.63, 3.8) is 0 Å². The Hall–Kier alpha value is -2.17. The van der Waals surface area contributed by atoms with Crippen LogP contribution in [0.4, 0.5) is 4.39 Å². The van der Waals surface area contributed by atoms with Crippen molar-refractivity contribution in [2.45, 2.75) is 6.92 Å². The van der Waals surface area contributed by atoms with Crippen molar-refractivity contribution in [2.75, 3.05) is 7.11 Å². The summed E-state index contributed by atoms with van der Waals surface area (Å²) >= 11 is 0. The molecule has 0 fully saturated rings. The summed E-state index contributed by atoms with van der Waals surface area (Å²) in [6.07, 6.45) is 0. The molecule has 17 heavy (non-hydrogen) atoms. The number of carboxylic acid groups (broad SMARTS) is 1. The number of benzene rings is 1. The minimum absolute atomic E-state index is 0.165. The van der Waals surface area contributed by atoms with Crippen molar-refractivity contribution in [1.82, 2.24) is 4.98 Å². The van der Waals surface area contributed by atoms with E-state index in [-0.39, 0.29) is 11.1 Å². The van der Waals surface area contributed by atoms with Crippen molar-refractivity contribution >= 4 is 16.9 Å². The zero-order valence-electron chi connectivity index (χ0n) is 9.32. The lowest BCUT2D eigenvalue weighted by Gasteiger charge is -2.08. The smallest absolute Gasteiger partial charge is 0.338 e. The zero-order valence-corrected chi connectivity index (χ0v) is 9.32. The lowest BCUT2D eigenvalue weighted by atomic mass is 10.1. The highest BCUT2D eigenvalue weighted by molar-refractivity contribution is 6.03. The van der Waals surface area contributed by atoms with Crippen molar-refractivity contribution in [3.05, 3.63) is 35.3 Å². The molecule has 0 bridgehead atoms. The molecule has 0 aliphatic carbocycles. The number of methoxy groups -OCH3 is 1. The highest BCUT2D eigenvalue weighted by atomic mass is 19.1. The van der Waals surface area contributed by atoms with Crippen LogP contribution in [0.3, 0.4) is 0 Å². The van der Waals surface area contributed by atoms with E-state index in [1.165, 1.54) is 13.2 Å². The van der Waals surface area contributed by atoms with Crippen molar-refractivity contribution in [1.29, 1.82) is 0 Å². The maximum Gasteiger partial charge on any atom is 0.338 e. The molecule has 0 radical (unpaired) electrons. The van der Waals surface area contributed by atoms with E-state index in [2.05, 4.69) is 4.98 Å². The summed E-state index contributed by atoms with van der Waals surface area (Å²) < 4.78 is 18.4. The van der Waals surface area contributed by atoms with Gasteiger partial charge >= 0.3 is 5.97 Å². The molecular weight excluding hydrogens is 225 g/mol. The van der Waals surface area contributed by atoms with Gasteiger partial charge in [0.2, 0.25) is 0 Å². The van der Waals surface area contributed by atoms with Crippen LogP contribution in [-0.2, 0) is 0 Å². The van der Waals surface area contributed by atoms with Crippen LogP contribution in [0.1, 0.15) is 16.1 Å². The number of carbonyl (C=O) groups is 1. The molecule has 0 aliphatic heterocycles. The van der Waals surface area contributed by atoms with Gasteiger partial charge in [0.1, 0.15) is 11.6 Å². The molecule has 1 aromatic carbocycles. The SMILES string of the molecule is COc1cc(C)nc2c(C(=O)O)cc(F)cc12. The topological polar surface area (TPSA) is 59.4 Å². The second-order valence-electron chi connectivity index (χ2n) is 3.62. The summed E-state index contributed by atoms with van der Waals surface area (Å²) in [6, 6.07) is 3.80. The molecule has 5 heteroatoms. The fraction of sp³-hybridized carbons (Fsp3) is 0.167. The monoisotopic (exact) mass is 235 g/mol. The average molecular weight is 235 g/mol. The number of nitrogens with zero attached hydrogens (tertiary/aromatic N) is 1. The maximum absolute atomic E-state index is 13.3. The van der Waals surface area contributed by atoms with E-state index in [4.69, 9.17) is 9.84 Å². The Kier molecular flexibility index (Phi) is 2.67. The van der Waals surface area contributed by atoms with Crippen LogP contribution >= 0.6 is 0 Å². The minimum atomic E-state index is -1.21. The van der Waals surface area contributed by atoms with Gasteiger partial charge in [-0.3, -0.25) is 4.98 Å². The summed E-state index contributed by atoms with van der Waals surface area (Å²) in [5.74, 6) is -1.43. The number of hydrogen-bond donors (Lipinski definition) is 1. The molecule has 0 aliphatic rings. The van der Waals surface area contributed by atoms with E-state index in [0.29, 0.717) is 16.8 Å². The molecule has 0 amide bonds. The largest absolute Gasteiger partial charge is 0.496 e. The molecule has 1 N–H and O–H groups in total. The van der Waals surface area contributed by atoms with Crippen LogP contribution in [0.2, 0.25) is 0 Å². The van der Waals surface area contributed by atoms with E-state index >= 15 is 0 Å². The first kappa shape index (κ1) is 11.3. The van der Waals surface area contributed by atoms with Crippen LogP contribution in [0.25, 0.3) is 10.9 Å². The summed E-state index contributed by atoms with van der Waals surface area (Å²) in [5.41, 5.74) is 0.682. The minimum Gasteiger partial charge on any atom is -0.496 e. The fourth-order valence-electron chi connectivity index (χ4n) is 1.72. The fourth-order valence-corrected chi connectivity index (χ4v) is 1.72. The third-order valence-corrected chi connectivity index (χ3v) is 2.42. The van der Waals surface area contributed by atoms with Crippen LogP contribution in [0.5, 0.6) is 5.75 Å². The Labute approximate surface area is 96.7 Å². The maximum atomic E-state index is 13.3. The third-order valence-electron chi connectivity index (χ3n) is 2.42. The van der Waals surface area contributed by atoms with E-state index < -0.39 is 11.8 Å². The van der Waals surface area contributed by atoms with Crippen molar-refractivity contribution in [2.24, 2.45) is 0 Å². The first-order valence-corrected chi connectivity index (χ1v) is 4.91. The van der Waals surface area contributed by atoms with Crippen LogP contribution in [-0.4, -0.2) is 23.2 Å². The van der Waals surface area contributed by atoms with Gasteiger partial charge in [0, 0.05) is 17.1 Å². The quantitative estimate of drug-likeness (QED) is 0.868. The Balaban J connectivity index is 2.93. The van der Waals surface area contributed by atoms with E-state index in [1.807, 2.05) is 0 Å². The molecule has 4 nitrogen and oxygen atoms in total. The number of halogens is 1. The number of ether oxygens (including phenoxy) is 1. The molecule has 88 valence electrons. The predicted octanol–water partition coefficient (Wildman–Crippen LogP) is 2.39. The normalized spacial score (nSPS) is 10.5. The lowest BCUT2D eigenvalue weighted by molar-refractivity contribution is 0.0698. The molecule has 1 heterocycles. The van der Waals surface area contributed by atoms with E-state index in [9.17, 15) is 9.18 Å². The lowest BCUT2D eigenvalue weighted by Crippen LogP contribution is -2.02. The number of rotatable bonds is 2. The molecule has 2 aromatic rings. The molecular formula is C12H10FNO3. The van der Waals surface area contributed by atoms with Gasteiger partial charge in [0.15, 0.2) is 0 Å².